The van der Waals surface area contributed by atoms with Crippen LogP contribution in [0.5, 0.6) is 0 Å². The van der Waals surface area contributed by atoms with Gasteiger partial charge in [0, 0.05) is 6.54 Å². The molecule has 0 bridgehead atoms. The van der Waals surface area contributed by atoms with Crippen LogP contribution < -0.4 is 5.32 Å². The van der Waals surface area contributed by atoms with Crippen molar-refractivity contribution in [1.82, 2.24) is 5.32 Å². The maximum absolute atomic E-state index is 11.3. The van der Waals surface area contributed by atoms with E-state index in [-0.39, 0.29) is 19.8 Å². The van der Waals surface area contributed by atoms with Gasteiger partial charge in [-0.05, 0) is 0 Å². The second-order valence-corrected chi connectivity index (χ2v) is 8.81. The van der Waals surface area contributed by atoms with Crippen molar-refractivity contribution >= 4 is 17.8 Å². The Labute approximate surface area is 270 Å². The fraction of sp³-hybridized carbons (Fsp3) is 0.893. The normalized spacial score (nSPS) is 11.2. The molecule has 0 saturated heterocycles. The number of carboxylic acid groups (broad SMARTS) is 2. The fourth-order valence-electron chi connectivity index (χ4n) is 2.90. The maximum Gasteiger partial charge on any atom is 0.329 e. The molecule has 0 aliphatic heterocycles. The predicted molar refractivity (Wildman–Crippen MR) is 158 cm³/mol. The molecule has 46 heavy (non-hydrogen) atoms. The number of ether oxygens (including phenoxy) is 12. The van der Waals surface area contributed by atoms with E-state index in [1.807, 2.05) is 0 Å². The lowest BCUT2D eigenvalue weighted by molar-refractivity contribution is -0.144. The number of aliphatic carboxylic acids is 2. The Hall–Kier alpha value is -2.07. The Morgan fingerprint density at radius 1 is 0.326 bits per heavy atom. The van der Waals surface area contributed by atoms with Gasteiger partial charge in [-0.3, -0.25) is 4.79 Å². The highest BCUT2D eigenvalue weighted by Crippen LogP contribution is 1.87. The summed E-state index contributed by atoms with van der Waals surface area (Å²) in [6.45, 7) is 7.96. The first-order chi connectivity index (χ1) is 22.5. The maximum atomic E-state index is 11.3. The van der Waals surface area contributed by atoms with E-state index in [9.17, 15) is 14.4 Å². The van der Waals surface area contributed by atoms with Crippen LogP contribution in [0.15, 0.2) is 0 Å². The van der Waals surface area contributed by atoms with Crippen LogP contribution in [-0.2, 0) is 71.2 Å². The summed E-state index contributed by atoms with van der Waals surface area (Å²) in [5.74, 6) is -2.54. The van der Waals surface area contributed by atoms with Crippen LogP contribution in [0.1, 0.15) is 0 Å². The third-order valence-electron chi connectivity index (χ3n) is 4.97. The molecule has 0 aromatic carbocycles. The van der Waals surface area contributed by atoms with Gasteiger partial charge in [-0.15, -0.1) is 0 Å². The van der Waals surface area contributed by atoms with E-state index < -0.39 is 24.5 Å². The molecule has 0 fully saturated rings. The Balaban J connectivity index is 3.09. The zero-order chi connectivity index (χ0) is 33.6. The lowest BCUT2D eigenvalue weighted by Crippen LogP contribution is -2.31. The molecule has 0 aromatic heterocycles. The highest BCUT2D eigenvalue weighted by atomic mass is 16.6. The number of carbonyl (C=O) groups excluding carboxylic acids is 1. The van der Waals surface area contributed by atoms with Crippen molar-refractivity contribution in [3.8, 4) is 0 Å². The number of nitrogens with one attached hydrogen (secondary N) is 1. The van der Waals surface area contributed by atoms with Crippen molar-refractivity contribution in [3.63, 3.8) is 0 Å². The van der Waals surface area contributed by atoms with Gasteiger partial charge in [0.05, 0.1) is 139 Å². The van der Waals surface area contributed by atoms with Crippen LogP contribution >= 0.6 is 0 Å². The smallest absolute Gasteiger partial charge is 0.329 e. The largest absolute Gasteiger partial charge is 0.480 e. The summed E-state index contributed by atoms with van der Waals surface area (Å²) in [6, 6.07) is 0. The van der Waals surface area contributed by atoms with Gasteiger partial charge >= 0.3 is 11.9 Å². The molecule has 272 valence electrons. The number of rotatable bonds is 39. The summed E-state index contributed by atoms with van der Waals surface area (Å²) >= 11 is 0. The molecule has 18 heteroatoms. The zero-order valence-corrected chi connectivity index (χ0v) is 26.7. The summed E-state index contributed by atoms with van der Waals surface area (Å²) in [5.41, 5.74) is 0. The summed E-state index contributed by atoms with van der Waals surface area (Å²) < 4.78 is 63.3. The van der Waals surface area contributed by atoms with Gasteiger partial charge in [-0.2, -0.15) is 0 Å². The third kappa shape index (κ3) is 40.0. The van der Waals surface area contributed by atoms with Crippen molar-refractivity contribution in [2.24, 2.45) is 0 Å². The lowest BCUT2D eigenvalue weighted by atomic mass is 10.6. The van der Waals surface area contributed by atoms with Gasteiger partial charge in [0.2, 0.25) is 5.91 Å². The van der Waals surface area contributed by atoms with Gasteiger partial charge in [0.15, 0.2) is 0 Å². The Kier molecular flexibility index (Phi) is 35.7. The molecule has 0 unspecified atom stereocenters. The van der Waals surface area contributed by atoms with E-state index in [0.29, 0.717) is 139 Å². The highest BCUT2D eigenvalue weighted by molar-refractivity contribution is 5.77. The van der Waals surface area contributed by atoms with Crippen LogP contribution in [0.2, 0.25) is 0 Å². The van der Waals surface area contributed by atoms with Crippen LogP contribution in [-0.4, -0.2) is 193 Å². The molecule has 3 N–H and O–H groups in total. The Morgan fingerprint density at radius 2 is 0.565 bits per heavy atom. The van der Waals surface area contributed by atoms with Crippen molar-refractivity contribution in [3.05, 3.63) is 0 Å². The number of carbonyl (C=O) groups is 3. The van der Waals surface area contributed by atoms with E-state index in [1.165, 1.54) is 0 Å². The highest BCUT2D eigenvalue weighted by Gasteiger charge is 2.03. The Morgan fingerprint density at radius 3 is 0.848 bits per heavy atom. The second kappa shape index (κ2) is 37.4. The molecule has 0 spiro atoms. The zero-order valence-electron chi connectivity index (χ0n) is 26.7. The molecule has 0 rings (SSSR count). The van der Waals surface area contributed by atoms with Crippen molar-refractivity contribution < 1.29 is 81.4 Å². The van der Waals surface area contributed by atoms with E-state index in [2.05, 4.69) is 10.1 Å². The van der Waals surface area contributed by atoms with Gasteiger partial charge in [-0.25, -0.2) is 9.59 Å². The molecule has 0 radical (unpaired) electrons. The van der Waals surface area contributed by atoms with Gasteiger partial charge < -0.3 is 72.4 Å². The summed E-state index contributed by atoms with van der Waals surface area (Å²) in [7, 11) is 0. The first-order valence-electron chi connectivity index (χ1n) is 15.2. The molecule has 0 atom stereocenters. The average Bonchev–Trinajstić information content (AvgIpc) is 3.02. The molecular formula is C28H53NO17. The number of hydrogen-bond donors (Lipinski definition) is 3. The summed E-state index contributed by atoms with van der Waals surface area (Å²) in [5, 5.41) is 19.4. The molecule has 0 saturated carbocycles. The SMILES string of the molecule is O=C(O)COCCOCCOCCOCCOCCOCCOCCOCCOCCOCCOCCNC(=O)COCC(=O)O. The minimum atomic E-state index is -1.13. The minimum absolute atomic E-state index is 0.231. The van der Waals surface area contributed by atoms with E-state index in [0.717, 1.165) is 0 Å². The molecule has 0 aliphatic rings. The lowest BCUT2D eigenvalue weighted by Gasteiger charge is -2.09. The van der Waals surface area contributed by atoms with Crippen LogP contribution in [0.4, 0.5) is 0 Å². The molecule has 0 aliphatic carbocycles. The first kappa shape index (κ1) is 43.9. The number of amides is 1. The van der Waals surface area contributed by atoms with Crippen molar-refractivity contribution in [2.75, 3.05) is 165 Å². The predicted octanol–water partition coefficient (Wildman–Crippen LogP) is -1.53. The van der Waals surface area contributed by atoms with Crippen molar-refractivity contribution in [1.29, 1.82) is 0 Å². The van der Waals surface area contributed by atoms with Gasteiger partial charge in [0.25, 0.3) is 0 Å². The van der Waals surface area contributed by atoms with E-state index >= 15 is 0 Å². The first-order valence-corrected chi connectivity index (χ1v) is 15.2. The molecular weight excluding hydrogens is 622 g/mol. The minimum Gasteiger partial charge on any atom is -0.480 e. The topological polar surface area (TPSA) is 214 Å². The fourth-order valence-corrected chi connectivity index (χ4v) is 2.90. The Bertz CT molecular complexity index is 688. The van der Waals surface area contributed by atoms with Gasteiger partial charge in [-0.1, -0.05) is 0 Å². The number of carboxylic acids is 2. The standard InChI is InChI=1S/C28H53NO17/c30-26(23-46-25-28(33)34)29-1-2-35-3-4-36-5-6-37-7-8-38-9-10-39-11-12-40-13-14-41-15-16-42-17-18-43-19-20-44-21-22-45-24-27(31)32/h1-25H2,(H,29,30)(H,31,32)(H,33,34). The monoisotopic (exact) mass is 675 g/mol. The van der Waals surface area contributed by atoms with Gasteiger partial charge in [0.1, 0.15) is 19.8 Å². The molecule has 0 aromatic rings. The molecule has 0 heterocycles. The average molecular weight is 676 g/mol. The van der Waals surface area contributed by atoms with Crippen molar-refractivity contribution in [2.45, 2.75) is 0 Å². The second-order valence-electron chi connectivity index (χ2n) is 8.81. The number of hydrogen-bond acceptors (Lipinski definition) is 15. The summed E-state index contributed by atoms with van der Waals surface area (Å²) in [6.07, 6.45) is 0. The summed E-state index contributed by atoms with van der Waals surface area (Å²) in [4.78, 5) is 31.9. The van der Waals surface area contributed by atoms with E-state index in [1.54, 1.807) is 0 Å². The third-order valence-corrected chi connectivity index (χ3v) is 4.97. The quantitative estimate of drug-likeness (QED) is 0.0630. The van der Waals surface area contributed by atoms with Crippen LogP contribution in [0, 0.1) is 0 Å². The molecule has 1 amide bonds. The van der Waals surface area contributed by atoms with Crippen LogP contribution in [0.25, 0.3) is 0 Å². The van der Waals surface area contributed by atoms with E-state index in [4.69, 9.17) is 62.3 Å². The van der Waals surface area contributed by atoms with Crippen LogP contribution in [0.3, 0.4) is 0 Å². The molecule has 18 nitrogen and oxygen atoms in total.